The highest BCUT2D eigenvalue weighted by atomic mass is 35.5. The van der Waals surface area contributed by atoms with Gasteiger partial charge in [-0.25, -0.2) is 0 Å². The van der Waals surface area contributed by atoms with E-state index in [0.29, 0.717) is 28.6 Å². The summed E-state index contributed by atoms with van der Waals surface area (Å²) in [6, 6.07) is 10.3. The van der Waals surface area contributed by atoms with Crippen molar-refractivity contribution in [3.63, 3.8) is 0 Å². The van der Waals surface area contributed by atoms with Crippen LogP contribution in [0.2, 0.25) is 5.02 Å². The molecule has 0 bridgehead atoms. The van der Waals surface area contributed by atoms with Crippen LogP contribution < -0.4 is 10.1 Å². The average Bonchev–Trinajstić information content (AvgIpc) is 3.14. The summed E-state index contributed by atoms with van der Waals surface area (Å²) < 4.78 is 11.3. The van der Waals surface area contributed by atoms with Crippen molar-refractivity contribution in [1.82, 2.24) is 0 Å². The first-order chi connectivity index (χ1) is 12.5. The summed E-state index contributed by atoms with van der Waals surface area (Å²) >= 11 is 6.02. The Morgan fingerprint density at radius 2 is 2.08 bits per heavy atom. The summed E-state index contributed by atoms with van der Waals surface area (Å²) in [5.74, 6) is 0.0734. The summed E-state index contributed by atoms with van der Waals surface area (Å²) in [7, 11) is 0. The number of rotatable bonds is 6. The van der Waals surface area contributed by atoms with Crippen molar-refractivity contribution < 1.29 is 19.2 Å². The Bertz CT molecular complexity index is 804. The second kappa shape index (κ2) is 8.16. The number of hydrogen-bond donors (Lipinski definition) is 1. The highest BCUT2D eigenvalue weighted by molar-refractivity contribution is 6.31. The van der Waals surface area contributed by atoms with Gasteiger partial charge in [-0.3, -0.25) is 14.9 Å². The summed E-state index contributed by atoms with van der Waals surface area (Å²) in [6.07, 6.45) is 2.00. The van der Waals surface area contributed by atoms with Gasteiger partial charge in [-0.05, 0) is 43.2 Å². The third kappa shape index (κ3) is 4.50. The van der Waals surface area contributed by atoms with Gasteiger partial charge in [-0.15, -0.1) is 0 Å². The molecule has 7 nitrogen and oxygen atoms in total. The number of nitro benzene ring substituents is 1. The maximum Gasteiger partial charge on any atom is 0.269 e. The van der Waals surface area contributed by atoms with Gasteiger partial charge in [0, 0.05) is 29.3 Å². The van der Waals surface area contributed by atoms with Crippen molar-refractivity contribution in [2.45, 2.75) is 18.9 Å². The molecule has 0 spiro atoms. The van der Waals surface area contributed by atoms with E-state index in [1.54, 1.807) is 18.2 Å². The first-order valence-corrected chi connectivity index (χ1v) is 8.50. The lowest BCUT2D eigenvalue weighted by Crippen LogP contribution is -2.18. The van der Waals surface area contributed by atoms with Crippen LogP contribution in [0.5, 0.6) is 5.75 Å². The van der Waals surface area contributed by atoms with Crippen molar-refractivity contribution >= 4 is 28.9 Å². The monoisotopic (exact) mass is 376 g/mol. The molecule has 3 rings (SSSR count). The van der Waals surface area contributed by atoms with Gasteiger partial charge in [0.2, 0.25) is 0 Å². The van der Waals surface area contributed by atoms with Crippen molar-refractivity contribution in [2.75, 3.05) is 18.5 Å². The number of benzene rings is 2. The van der Waals surface area contributed by atoms with Crippen LogP contribution in [-0.4, -0.2) is 30.1 Å². The highest BCUT2D eigenvalue weighted by Gasteiger charge is 2.18. The van der Waals surface area contributed by atoms with Gasteiger partial charge >= 0.3 is 0 Å². The molecule has 1 heterocycles. The zero-order chi connectivity index (χ0) is 18.5. The molecule has 136 valence electrons. The maximum absolute atomic E-state index is 12.4. The van der Waals surface area contributed by atoms with Crippen molar-refractivity contribution in [1.29, 1.82) is 0 Å². The highest BCUT2D eigenvalue weighted by Crippen LogP contribution is 2.29. The van der Waals surface area contributed by atoms with Crippen LogP contribution in [0, 0.1) is 10.1 Å². The van der Waals surface area contributed by atoms with Gasteiger partial charge in [0.25, 0.3) is 11.6 Å². The molecule has 0 saturated carbocycles. The van der Waals surface area contributed by atoms with E-state index in [9.17, 15) is 14.9 Å². The lowest BCUT2D eigenvalue weighted by atomic mass is 10.2. The standard InChI is InChI=1S/C18H17ClN2O5/c19-13-5-8-17(26-11-15-2-1-9-25-15)16(10-13)20-18(22)12-3-6-14(7-4-12)21(23)24/h3-8,10,15H,1-2,9,11H2,(H,20,22)/t15-/m0/s1. The molecule has 26 heavy (non-hydrogen) atoms. The van der Waals surface area contributed by atoms with Crippen LogP contribution in [0.3, 0.4) is 0 Å². The predicted molar refractivity (Wildman–Crippen MR) is 97.0 cm³/mol. The molecule has 1 atom stereocenters. The first kappa shape index (κ1) is 18.2. The Balaban J connectivity index is 1.71. The van der Waals surface area contributed by atoms with Crippen LogP contribution in [-0.2, 0) is 4.74 Å². The number of amides is 1. The Labute approximate surface area is 155 Å². The molecule has 2 aromatic carbocycles. The van der Waals surface area contributed by atoms with E-state index in [2.05, 4.69) is 5.32 Å². The number of carbonyl (C=O) groups is 1. The summed E-state index contributed by atoms with van der Waals surface area (Å²) in [4.78, 5) is 22.6. The molecule has 1 aliphatic rings. The Hall–Kier alpha value is -2.64. The zero-order valence-corrected chi connectivity index (χ0v) is 14.6. The van der Waals surface area contributed by atoms with Gasteiger partial charge in [0.1, 0.15) is 12.4 Å². The minimum absolute atomic E-state index is 0.0453. The molecule has 0 unspecified atom stereocenters. The number of nitrogens with one attached hydrogen (secondary N) is 1. The molecule has 0 radical (unpaired) electrons. The van der Waals surface area contributed by atoms with Crippen molar-refractivity contribution in [3.8, 4) is 5.75 Å². The molecule has 2 aromatic rings. The summed E-state index contributed by atoms with van der Waals surface area (Å²) in [5.41, 5.74) is 0.643. The number of ether oxygens (including phenoxy) is 2. The van der Waals surface area contributed by atoms with Crippen LogP contribution in [0.1, 0.15) is 23.2 Å². The van der Waals surface area contributed by atoms with Gasteiger partial charge in [0.05, 0.1) is 16.7 Å². The van der Waals surface area contributed by atoms with Crippen molar-refractivity contribution in [2.24, 2.45) is 0 Å². The molecular formula is C18H17ClN2O5. The van der Waals surface area contributed by atoms with E-state index in [4.69, 9.17) is 21.1 Å². The second-order valence-corrected chi connectivity index (χ2v) is 6.28. The number of hydrogen-bond acceptors (Lipinski definition) is 5. The molecule has 1 saturated heterocycles. The number of nitrogens with zero attached hydrogens (tertiary/aromatic N) is 1. The Kier molecular flexibility index (Phi) is 5.70. The average molecular weight is 377 g/mol. The SMILES string of the molecule is O=C(Nc1cc(Cl)ccc1OC[C@@H]1CCCO1)c1ccc([N+](=O)[O-])cc1. The fourth-order valence-electron chi connectivity index (χ4n) is 2.61. The van der Waals surface area contributed by atoms with E-state index in [1.165, 1.54) is 24.3 Å². The molecule has 1 aliphatic heterocycles. The van der Waals surface area contributed by atoms with Crippen LogP contribution in [0.4, 0.5) is 11.4 Å². The third-order valence-electron chi connectivity index (χ3n) is 3.98. The number of anilines is 1. The van der Waals surface area contributed by atoms with E-state index in [0.717, 1.165) is 19.4 Å². The minimum Gasteiger partial charge on any atom is -0.489 e. The number of nitro groups is 1. The third-order valence-corrected chi connectivity index (χ3v) is 4.21. The minimum atomic E-state index is -0.518. The van der Waals surface area contributed by atoms with Crippen LogP contribution in [0.25, 0.3) is 0 Å². The quantitative estimate of drug-likeness (QED) is 0.606. The molecular weight excluding hydrogens is 360 g/mol. The number of non-ortho nitro benzene ring substituents is 1. The first-order valence-electron chi connectivity index (χ1n) is 8.12. The Morgan fingerprint density at radius 1 is 1.31 bits per heavy atom. The number of carbonyl (C=O) groups excluding carboxylic acids is 1. The van der Waals surface area contributed by atoms with E-state index in [1.807, 2.05) is 0 Å². The maximum atomic E-state index is 12.4. The van der Waals surface area contributed by atoms with Gasteiger partial charge in [-0.2, -0.15) is 0 Å². The normalized spacial score (nSPS) is 16.3. The smallest absolute Gasteiger partial charge is 0.269 e. The van der Waals surface area contributed by atoms with Crippen molar-refractivity contribution in [3.05, 3.63) is 63.2 Å². The molecule has 0 aromatic heterocycles. The van der Waals surface area contributed by atoms with E-state index in [-0.39, 0.29) is 11.8 Å². The fraction of sp³-hybridized carbons (Fsp3) is 0.278. The molecule has 1 amide bonds. The fourth-order valence-corrected chi connectivity index (χ4v) is 2.79. The topological polar surface area (TPSA) is 90.7 Å². The lowest BCUT2D eigenvalue weighted by Gasteiger charge is -2.15. The zero-order valence-electron chi connectivity index (χ0n) is 13.8. The molecule has 1 N–H and O–H groups in total. The summed E-state index contributed by atoms with van der Waals surface area (Å²) in [5, 5.41) is 13.9. The molecule has 0 aliphatic carbocycles. The predicted octanol–water partition coefficient (Wildman–Crippen LogP) is 4.06. The second-order valence-electron chi connectivity index (χ2n) is 5.84. The molecule has 8 heteroatoms. The number of halogens is 1. The van der Waals surface area contributed by atoms with E-state index < -0.39 is 10.8 Å². The van der Waals surface area contributed by atoms with Gasteiger partial charge < -0.3 is 14.8 Å². The molecule has 1 fully saturated rings. The van der Waals surface area contributed by atoms with E-state index >= 15 is 0 Å². The lowest BCUT2D eigenvalue weighted by molar-refractivity contribution is -0.384. The Morgan fingerprint density at radius 3 is 2.73 bits per heavy atom. The largest absolute Gasteiger partial charge is 0.489 e. The van der Waals surface area contributed by atoms with Crippen LogP contribution >= 0.6 is 11.6 Å². The summed E-state index contributed by atoms with van der Waals surface area (Å²) in [6.45, 7) is 1.13. The van der Waals surface area contributed by atoms with Gasteiger partial charge in [-0.1, -0.05) is 11.6 Å². The van der Waals surface area contributed by atoms with Gasteiger partial charge in [0.15, 0.2) is 0 Å². The van der Waals surface area contributed by atoms with Crippen LogP contribution in [0.15, 0.2) is 42.5 Å².